The summed E-state index contributed by atoms with van der Waals surface area (Å²) in [5, 5.41) is 9.56. The second kappa shape index (κ2) is 5.78. The van der Waals surface area contributed by atoms with Gasteiger partial charge in [-0.2, -0.15) is 0 Å². The lowest BCUT2D eigenvalue weighted by molar-refractivity contribution is 0.0228. The molecule has 2 unspecified atom stereocenters. The molecule has 0 spiro atoms. The highest BCUT2D eigenvalue weighted by molar-refractivity contribution is 7.88. The maximum atomic E-state index is 12.3. The van der Waals surface area contributed by atoms with Crippen LogP contribution in [0.3, 0.4) is 0 Å². The summed E-state index contributed by atoms with van der Waals surface area (Å²) in [6, 6.07) is 2.62. The van der Waals surface area contributed by atoms with E-state index in [1.54, 1.807) is 0 Å². The van der Waals surface area contributed by atoms with Crippen LogP contribution >= 0.6 is 0 Å². The SMILES string of the molecule is CC1CCN(C(=O)c2ccc(S(=O)(=O)N(C)C)o2)CC1O. The Hall–Kier alpha value is -1.38. The monoisotopic (exact) mass is 316 g/mol. The summed E-state index contributed by atoms with van der Waals surface area (Å²) in [4.78, 5) is 13.8. The molecule has 2 rings (SSSR count). The fraction of sp³-hybridized carbons (Fsp3) is 0.615. The average molecular weight is 316 g/mol. The first-order chi connectivity index (χ1) is 9.73. The molecule has 1 aliphatic heterocycles. The third-order valence-electron chi connectivity index (χ3n) is 3.73. The Kier molecular flexibility index (Phi) is 4.40. The molecule has 7 nitrogen and oxygen atoms in total. The molecule has 1 N–H and O–H groups in total. The van der Waals surface area contributed by atoms with Gasteiger partial charge in [-0.25, -0.2) is 12.7 Å². The van der Waals surface area contributed by atoms with Gasteiger partial charge in [0.2, 0.25) is 5.09 Å². The van der Waals surface area contributed by atoms with Crippen LogP contribution in [0.15, 0.2) is 21.6 Å². The summed E-state index contributed by atoms with van der Waals surface area (Å²) in [7, 11) is -0.912. The fourth-order valence-electron chi connectivity index (χ4n) is 2.14. The summed E-state index contributed by atoms with van der Waals surface area (Å²) < 4.78 is 30.0. The normalized spacial score (nSPS) is 23.6. The Labute approximate surface area is 124 Å². The van der Waals surface area contributed by atoms with E-state index in [2.05, 4.69) is 0 Å². The molecule has 8 heteroatoms. The van der Waals surface area contributed by atoms with Crippen LogP contribution in [0, 0.1) is 5.92 Å². The zero-order chi connectivity index (χ0) is 15.8. The Bertz CT molecular complexity index is 622. The molecule has 0 saturated carbocycles. The molecule has 1 aliphatic rings. The van der Waals surface area contributed by atoms with Gasteiger partial charge in [0.15, 0.2) is 5.76 Å². The minimum absolute atomic E-state index is 0.0304. The number of rotatable bonds is 3. The van der Waals surface area contributed by atoms with Crippen molar-refractivity contribution >= 4 is 15.9 Å². The standard InChI is InChI=1S/C13H20N2O5S/c1-9-6-7-15(8-10(9)16)13(17)11-4-5-12(20-11)21(18,19)14(2)3/h4-5,9-10,16H,6-8H2,1-3H3. The summed E-state index contributed by atoms with van der Waals surface area (Å²) in [6.45, 7) is 2.69. The number of carbonyl (C=O) groups excluding carboxylic acids is 1. The second-order valence-electron chi connectivity index (χ2n) is 5.49. The topological polar surface area (TPSA) is 91.1 Å². The molecule has 0 aromatic carbocycles. The van der Waals surface area contributed by atoms with E-state index < -0.39 is 22.0 Å². The third-order valence-corrected chi connectivity index (χ3v) is 5.42. The molecule has 1 amide bonds. The Morgan fingerprint density at radius 3 is 2.67 bits per heavy atom. The number of carbonyl (C=O) groups is 1. The van der Waals surface area contributed by atoms with Crippen LogP contribution in [0.2, 0.25) is 0 Å². The highest BCUT2D eigenvalue weighted by atomic mass is 32.2. The lowest BCUT2D eigenvalue weighted by atomic mass is 9.96. The van der Waals surface area contributed by atoms with Gasteiger partial charge >= 0.3 is 0 Å². The Morgan fingerprint density at radius 1 is 1.43 bits per heavy atom. The lowest BCUT2D eigenvalue weighted by Crippen LogP contribution is -2.45. The van der Waals surface area contributed by atoms with Gasteiger partial charge in [-0.05, 0) is 24.5 Å². The minimum Gasteiger partial charge on any atom is -0.438 e. The van der Waals surface area contributed by atoms with Crippen LogP contribution in [-0.4, -0.2) is 61.9 Å². The largest absolute Gasteiger partial charge is 0.438 e. The van der Waals surface area contributed by atoms with Gasteiger partial charge in [-0.1, -0.05) is 6.92 Å². The van der Waals surface area contributed by atoms with Gasteiger partial charge in [0, 0.05) is 27.2 Å². The van der Waals surface area contributed by atoms with Crippen LogP contribution in [-0.2, 0) is 10.0 Å². The zero-order valence-electron chi connectivity index (χ0n) is 12.3. The summed E-state index contributed by atoms with van der Waals surface area (Å²) in [5.74, 6) is -0.284. The van der Waals surface area contributed by atoms with Gasteiger partial charge in [-0.15, -0.1) is 0 Å². The van der Waals surface area contributed by atoms with E-state index in [1.165, 1.54) is 31.1 Å². The number of amides is 1. The molecule has 0 aliphatic carbocycles. The quantitative estimate of drug-likeness (QED) is 0.870. The lowest BCUT2D eigenvalue weighted by Gasteiger charge is -2.33. The molecule has 2 heterocycles. The van der Waals surface area contributed by atoms with Crippen molar-refractivity contribution < 1.29 is 22.7 Å². The first-order valence-electron chi connectivity index (χ1n) is 6.73. The van der Waals surface area contributed by atoms with Crippen LogP contribution in [0.1, 0.15) is 23.9 Å². The number of aliphatic hydroxyl groups is 1. The molecule has 21 heavy (non-hydrogen) atoms. The first kappa shape index (κ1) is 16.0. The Morgan fingerprint density at radius 2 is 2.10 bits per heavy atom. The number of hydrogen-bond donors (Lipinski definition) is 1. The maximum Gasteiger partial charge on any atom is 0.289 e. The summed E-state index contributed by atoms with van der Waals surface area (Å²) in [6.07, 6.45) is 0.138. The van der Waals surface area contributed by atoms with E-state index in [4.69, 9.17) is 4.42 Å². The number of hydrogen-bond acceptors (Lipinski definition) is 5. The number of nitrogens with zero attached hydrogens (tertiary/aromatic N) is 2. The first-order valence-corrected chi connectivity index (χ1v) is 8.17. The van der Waals surface area contributed by atoms with Gasteiger partial charge < -0.3 is 14.4 Å². The van der Waals surface area contributed by atoms with Crippen molar-refractivity contribution in [3.05, 3.63) is 17.9 Å². The number of furan rings is 1. The predicted octanol–water partition coefficient (Wildman–Crippen LogP) is 0.373. The highest BCUT2D eigenvalue weighted by Gasteiger charge is 2.30. The molecular formula is C13H20N2O5S. The van der Waals surface area contributed by atoms with Crippen LogP contribution in [0.5, 0.6) is 0 Å². The number of sulfonamides is 1. The molecule has 1 saturated heterocycles. The zero-order valence-corrected chi connectivity index (χ0v) is 13.1. The van der Waals surface area contributed by atoms with Gasteiger partial charge in [0.05, 0.1) is 6.10 Å². The highest BCUT2D eigenvalue weighted by Crippen LogP contribution is 2.22. The number of piperidine rings is 1. The molecule has 0 radical (unpaired) electrons. The van der Waals surface area contributed by atoms with E-state index in [-0.39, 0.29) is 23.3 Å². The Balaban J connectivity index is 2.17. The number of likely N-dealkylation sites (tertiary alicyclic amines) is 1. The van der Waals surface area contributed by atoms with Crippen LogP contribution in [0.4, 0.5) is 0 Å². The van der Waals surface area contributed by atoms with Crippen molar-refractivity contribution in [3.8, 4) is 0 Å². The van der Waals surface area contributed by atoms with Crippen LogP contribution < -0.4 is 0 Å². The smallest absolute Gasteiger partial charge is 0.289 e. The van der Waals surface area contributed by atoms with E-state index >= 15 is 0 Å². The number of β-amino-alcohol motifs (C(OH)–C–C–N with tert-alkyl or cyclic N) is 1. The van der Waals surface area contributed by atoms with E-state index in [0.717, 1.165) is 4.31 Å². The van der Waals surface area contributed by atoms with Gasteiger partial charge in [-0.3, -0.25) is 4.79 Å². The van der Waals surface area contributed by atoms with Crippen molar-refractivity contribution in [1.82, 2.24) is 9.21 Å². The predicted molar refractivity (Wildman–Crippen MR) is 75.3 cm³/mol. The number of aliphatic hydroxyl groups excluding tert-OH is 1. The molecule has 118 valence electrons. The van der Waals surface area contributed by atoms with Crippen molar-refractivity contribution in [2.45, 2.75) is 24.5 Å². The van der Waals surface area contributed by atoms with Gasteiger partial charge in [0.25, 0.3) is 15.9 Å². The molecule has 1 aromatic rings. The van der Waals surface area contributed by atoms with Gasteiger partial charge in [0.1, 0.15) is 0 Å². The third kappa shape index (κ3) is 3.12. The molecule has 1 aromatic heterocycles. The van der Waals surface area contributed by atoms with Crippen molar-refractivity contribution in [2.24, 2.45) is 5.92 Å². The average Bonchev–Trinajstić information content (AvgIpc) is 2.91. The second-order valence-corrected chi connectivity index (χ2v) is 7.57. The van der Waals surface area contributed by atoms with E-state index in [9.17, 15) is 18.3 Å². The van der Waals surface area contributed by atoms with Crippen molar-refractivity contribution in [3.63, 3.8) is 0 Å². The van der Waals surface area contributed by atoms with Crippen LogP contribution in [0.25, 0.3) is 0 Å². The van der Waals surface area contributed by atoms with Crippen molar-refractivity contribution in [1.29, 1.82) is 0 Å². The van der Waals surface area contributed by atoms with Crippen molar-refractivity contribution in [2.75, 3.05) is 27.2 Å². The molecular weight excluding hydrogens is 296 g/mol. The summed E-state index contributed by atoms with van der Waals surface area (Å²) in [5.41, 5.74) is 0. The molecule has 0 bridgehead atoms. The minimum atomic E-state index is -3.69. The maximum absolute atomic E-state index is 12.3. The molecule has 2 atom stereocenters. The van der Waals surface area contributed by atoms with E-state index in [1.807, 2.05) is 6.92 Å². The molecule has 1 fully saturated rings. The van der Waals surface area contributed by atoms with E-state index in [0.29, 0.717) is 13.0 Å². The fourth-order valence-corrected chi connectivity index (χ4v) is 2.94. The summed E-state index contributed by atoms with van der Waals surface area (Å²) >= 11 is 0.